The number of carbonyl (C=O) groups is 2. The number of unbranched alkanes of at least 4 members (excludes halogenated alkanes) is 5. The molecular formula is C13H25NO4. The predicted molar refractivity (Wildman–Crippen MR) is 69.7 cm³/mol. The third kappa shape index (κ3) is 7.92. The van der Waals surface area contributed by atoms with Crippen LogP contribution in [0.15, 0.2) is 0 Å². The summed E-state index contributed by atoms with van der Waals surface area (Å²) in [6.07, 6.45) is 4.60. The van der Waals surface area contributed by atoms with E-state index in [4.69, 9.17) is 9.84 Å². The van der Waals surface area contributed by atoms with Crippen molar-refractivity contribution in [2.75, 3.05) is 13.2 Å². The van der Waals surface area contributed by atoms with Gasteiger partial charge in [-0.15, -0.1) is 0 Å². The molecule has 0 saturated carbocycles. The van der Waals surface area contributed by atoms with Crippen molar-refractivity contribution in [3.05, 3.63) is 0 Å². The fourth-order valence-corrected chi connectivity index (χ4v) is 1.55. The Labute approximate surface area is 109 Å². The second-order valence-electron chi connectivity index (χ2n) is 4.32. The summed E-state index contributed by atoms with van der Waals surface area (Å²) in [5.74, 6) is 0. The molecule has 0 aromatic heterocycles. The van der Waals surface area contributed by atoms with Crippen molar-refractivity contribution in [2.45, 2.75) is 58.8 Å². The standard InChI is InChI=1S/C13H25NO4/c1-3-5-7-8-10-14(12(15)16)13(17)18-11-9-6-4-2/h3-11H2,1-2H3,(H,15,16). The summed E-state index contributed by atoms with van der Waals surface area (Å²) in [6.45, 7) is 4.66. The van der Waals surface area contributed by atoms with Crippen LogP contribution in [0, 0.1) is 0 Å². The SMILES string of the molecule is CCCCCCN(C(=O)O)C(=O)OCCCCC. The van der Waals surface area contributed by atoms with Gasteiger partial charge < -0.3 is 9.84 Å². The number of hydrogen-bond acceptors (Lipinski definition) is 3. The Balaban J connectivity index is 3.92. The minimum absolute atomic E-state index is 0.224. The van der Waals surface area contributed by atoms with Crippen molar-refractivity contribution >= 4 is 12.2 Å². The molecule has 0 spiro atoms. The molecular weight excluding hydrogens is 234 g/mol. The Morgan fingerprint density at radius 1 is 1.00 bits per heavy atom. The maximum atomic E-state index is 11.5. The first kappa shape index (κ1) is 16.7. The molecule has 0 fully saturated rings. The molecule has 0 rings (SSSR count). The number of imide groups is 1. The van der Waals surface area contributed by atoms with Gasteiger partial charge in [0.2, 0.25) is 0 Å². The average Bonchev–Trinajstić information content (AvgIpc) is 2.34. The number of rotatable bonds is 9. The Bertz CT molecular complexity index is 243. The van der Waals surface area contributed by atoms with Crippen molar-refractivity contribution < 1.29 is 19.4 Å². The highest BCUT2D eigenvalue weighted by Gasteiger charge is 2.21. The van der Waals surface area contributed by atoms with Crippen LogP contribution in [0.5, 0.6) is 0 Å². The van der Waals surface area contributed by atoms with Crippen molar-refractivity contribution in [1.29, 1.82) is 0 Å². The Kier molecular flexibility index (Phi) is 10.1. The molecule has 106 valence electrons. The summed E-state index contributed by atoms with van der Waals surface area (Å²) in [4.78, 5) is 23.2. The van der Waals surface area contributed by atoms with E-state index >= 15 is 0 Å². The molecule has 0 heterocycles. The number of carboxylic acid groups (broad SMARTS) is 1. The molecule has 0 saturated heterocycles. The molecule has 1 N–H and O–H groups in total. The van der Waals surface area contributed by atoms with Gasteiger partial charge in [-0.1, -0.05) is 46.0 Å². The van der Waals surface area contributed by atoms with Crippen LogP contribution in [0.25, 0.3) is 0 Å². The molecule has 0 aliphatic rings. The number of hydrogen-bond donors (Lipinski definition) is 1. The molecule has 0 atom stereocenters. The fourth-order valence-electron chi connectivity index (χ4n) is 1.55. The van der Waals surface area contributed by atoms with Crippen LogP contribution in [-0.2, 0) is 4.74 Å². The summed E-state index contributed by atoms with van der Waals surface area (Å²) in [7, 11) is 0. The van der Waals surface area contributed by atoms with Crippen molar-refractivity contribution in [3.63, 3.8) is 0 Å². The lowest BCUT2D eigenvalue weighted by molar-refractivity contribution is 0.0925. The lowest BCUT2D eigenvalue weighted by atomic mass is 10.2. The summed E-state index contributed by atoms with van der Waals surface area (Å²) < 4.78 is 4.93. The van der Waals surface area contributed by atoms with Gasteiger partial charge in [-0.3, -0.25) is 0 Å². The zero-order valence-corrected chi connectivity index (χ0v) is 11.5. The first-order valence-electron chi connectivity index (χ1n) is 6.80. The van der Waals surface area contributed by atoms with E-state index in [9.17, 15) is 9.59 Å². The molecule has 18 heavy (non-hydrogen) atoms. The summed E-state index contributed by atoms with van der Waals surface area (Å²) in [5, 5.41) is 8.93. The van der Waals surface area contributed by atoms with Crippen LogP contribution in [0.4, 0.5) is 9.59 Å². The fraction of sp³-hybridized carbons (Fsp3) is 0.846. The highest BCUT2D eigenvalue weighted by Crippen LogP contribution is 2.04. The van der Waals surface area contributed by atoms with Crippen LogP contribution >= 0.6 is 0 Å². The third-order valence-electron chi connectivity index (χ3n) is 2.66. The van der Waals surface area contributed by atoms with E-state index in [0.29, 0.717) is 13.0 Å². The first-order chi connectivity index (χ1) is 8.63. The van der Waals surface area contributed by atoms with Gasteiger partial charge in [-0.05, 0) is 12.8 Å². The zero-order chi connectivity index (χ0) is 13.8. The average molecular weight is 259 g/mol. The second-order valence-corrected chi connectivity index (χ2v) is 4.32. The summed E-state index contributed by atoms with van der Waals surface area (Å²) in [5.41, 5.74) is 0. The molecule has 0 aromatic rings. The van der Waals surface area contributed by atoms with E-state index in [1.54, 1.807) is 0 Å². The molecule has 0 aromatic carbocycles. The number of nitrogens with zero attached hydrogens (tertiary/aromatic N) is 1. The monoisotopic (exact) mass is 259 g/mol. The lowest BCUT2D eigenvalue weighted by Crippen LogP contribution is -2.37. The van der Waals surface area contributed by atoms with Crippen LogP contribution in [-0.4, -0.2) is 35.3 Å². The van der Waals surface area contributed by atoms with E-state index < -0.39 is 12.2 Å². The molecule has 5 heteroatoms. The van der Waals surface area contributed by atoms with E-state index in [-0.39, 0.29) is 6.54 Å². The van der Waals surface area contributed by atoms with Gasteiger partial charge in [-0.25, -0.2) is 14.5 Å². The zero-order valence-electron chi connectivity index (χ0n) is 11.5. The first-order valence-corrected chi connectivity index (χ1v) is 6.80. The summed E-state index contributed by atoms with van der Waals surface area (Å²) >= 11 is 0. The van der Waals surface area contributed by atoms with Gasteiger partial charge >= 0.3 is 12.2 Å². The van der Waals surface area contributed by atoms with Gasteiger partial charge in [0.25, 0.3) is 0 Å². The number of amides is 2. The van der Waals surface area contributed by atoms with E-state index in [1.807, 2.05) is 0 Å². The van der Waals surface area contributed by atoms with Crippen molar-refractivity contribution in [2.24, 2.45) is 0 Å². The summed E-state index contributed by atoms with van der Waals surface area (Å²) in [6, 6.07) is 0. The van der Waals surface area contributed by atoms with E-state index in [2.05, 4.69) is 13.8 Å². The minimum Gasteiger partial charge on any atom is -0.465 e. The quantitative estimate of drug-likeness (QED) is 0.638. The largest absolute Gasteiger partial charge is 0.465 e. The van der Waals surface area contributed by atoms with Gasteiger partial charge in [-0.2, -0.15) is 0 Å². The topological polar surface area (TPSA) is 66.8 Å². The van der Waals surface area contributed by atoms with E-state index in [0.717, 1.165) is 43.4 Å². The van der Waals surface area contributed by atoms with Crippen LogP contribution in [0.1, 0.15) is 58.8 Å². The number of carbonyl (C=O) groups excluding carboxylic acids is 1. The van der Waals surface area contributed by atoms with Crippen molar-refractivity contribution in [3.8, 4) is 0 Å². The van der Waals surface area contributed by atoms with Crippen molar-refractivity contribution in [1.82, 2.24) is 4.90 Å². The molecule has 0 aliphatic carbocycles. The molecule has 0 radical (unpaired) electrons. The van der Waals surface area contributed by atoms with Gasteiger partial charge in [0.15, 0.2) is 0 Å². The molecule has 0 aliphatic heterocycles. The molecule has 5 nitrogen and oxygen atoms in total. The number of ether oxygens (including phenoxy) is 1. The molecule has 0 bridgehead atoms. The van der Waals surface area contributed by atoms with E-state index in [1.165, 1.54) is 0 Å². The van der Waals surface area contributed by atoms with Crippen LogP contribution in [0.3, 0.4) is 0 Å². The second kappa shape index (κ2) is 10.9. The van der Waals surface area contributed by atoms with Gasteiger partial charge in [0.1, 0.15) is 0 Å². The Morgan fingerprint density at radius 3 is 2.17 bits per heavy atom. The molecule has 2 amide bonds. The predicted octanol–water partition coefficient (Wildman–Crippen LogP) is 3.87. The smallest absolute Gasteiger partial charge is 0.419 e. The minimum atomic E-state index is -1.23. The highest BCUT2D eigenvalue weighted by molar-refractivity contribution is 5.86. The van der Waals surface area contributed by atoms with Gasteiger partial charge in [0, 0.05) is 6.54 Å². The third-order valence-corrected chi connectivity index (χ3v) is 2.66. The van der Waals surface area contributed by atoms with Crippen LogP contribution < -0.4 is 0 Å². The van der Waals surface area contributed by atoms with Crippen LogP contribution in [0.2, 0.25) is 0 Å². The molecule has 0 unspecified atom stereocenters. The highest BCUT2D eigenvalue weighted by atomic mass is 16.6. The van der Waals surface area contributed by atoms with Gasteiger partial charge in [0.05, 0.1) is 6.61 Å². The Morgan fingerprint density at radius 2 is 1.61 bits per heavy atom. The lowest BCUT2D eigenvalue weighted by Gasteiger charge is -2.16. The Hall–Kier alpha value is -1.26. The normalized spacial score (nSPS) is 10.1. The maximum absolute atomic E-state index is 11.5. The maximum Gasteiger partial charge on any atom is 0.419 e.